The van der Waals surface area contributed by atoms with Crippen molar-refractivity contribution in [3.05, 3.63) is 0 Å². The number of hydrogen-bond donors (Lipinski definition) is 6. The lowest BCUT2D eigenvalue weighted by atomic mass is 9.83. The molecule has 0 aromatic rings. The first kappa shape index (κ1) is 27.0. The average Bonchev–Trinajstić information content (AvgIpc) is 2.54. The lowest BCUT2D eigenvalue weighted by Gasteiger charge is -2.25. The van der Waals surface area contributed by atoms with Crippen LogP contribution in [0, 0.1) is 11.8 Å². The summed E-state index contributed by atoms with van der Waals surface area (Å²) in [6.07, 6.45) is 7.00. The van der Waals surface area contributed by atoms with Crippen LogP contribution in [0.25, 0.3) is 0 Å². The Morgan fingerprint density at radius 1 is 0.800 bits per heavy atom. The summed E-state index contributed by atoms with van der Waals surface area (Å²) in [5.74, 6) is 1.03. The highest BCUT2D eigenvalue weighted by Crippen LogP contribution is 2.27. The van der Waals surface area contributed by atoms with E-state index in [4.69, 9.17) is 30.6 Å². The Morgan fingerprint density at radius 2 is 1.16 bits per heavy atom. The first-order valence-corrected chi connectivity index (χ1v) is 9.54. The van der Waals surface area contributed by atoms with Crippen molar-refractivity contribution in [1.29, 1.82) is 0 Å². The van der Waals surface area contributed by atoms with Crippen LogP contribution in [0.3, 0.4) is 0 Å². The zero-order valence-corrected chi connectivity index (χ0v) is 16.4. The molecule has 0 aliphatic heterocycles. The van der Waals surface area contributed by atoms with Gasteiger partial charge in [-0.15, -0.1) is 0 Å². The third-order valence-corrected chi connectivity index (χ3v) is 4.09. The van der Waals surface area contributed by atoms with Crippen LogP contribution in [-0.2, 0) is 0 Å². The van der Waals surface area contributed by atoms with Crippen LogP contribution in [-0.4, -0.2) is 68.8 Å². The fourth-order valence-corrected chi connectivity index (χ4v) is 2.72. The van der Waals surface area contributed by atoms with Crippen LogP contribution in [0.15, 0.2) is 0 Å². The molecule has 1 aliphatic carbocycles. The smallest absolute Gasteiger partial charge is 0.0616 e. The van der Waals surface area contributed by atoms with Crippen LogP contribution < -0.4 is 0 Å². The van der Waals surface area contributed by atoms with E-state index in [1.165, 1.54) is 0 Å². The van der Waals surface area contributed by atoms with Gasteiger partial charge >= 0.3 is 0 Å². The Bertz CT molecular complexity index is 241. The monoisotopic (exact) mass is 366 g/mol. The molecule has 1 atom stereocenters. The lowest BCUT2D eigenvalue weighted by Crippen LogP contribution is -2.24. The Balaban J connectivity index is 0. The molecule has 6 nitrogen and oxygen atoms in total. The van der Waals surface area contributed by atoms with E-state index in [1.807, 2.05) is 0 Å². The fraction of sp³-hybridized carbons (Fsp3) is 1.00. The molecule has 1 aliphatic rings. The first-order chi connectivity index (χ1) is 11.7. The SMILES string of the molecule is CC(O)CC(C)(C)O.OCC1CCC(CO)CC1.OCCCCCO. The van der Waals surface area contributed by atoms with E-state index in [2.05, 4.69) is 0 Å². The van der Waals surface area contributed by atoms with Gasteiger partial charge in [-0.2, -0.15) is 0 Å². The zero-order valence-electron chi connectivity index (χ0n) is 16.4. The molecule has 0 amide bonds. The molecule has 154 valence electrons. The quantitative estimate of drug-likeness (QED) is 0.362. The fourth-order valence-electron chi connectivity index (χ4n) is 2.72. The summed E-state index contributed by atoms with van der Waals surface area (Å²) in [5.41, 5.74) is -0.728. The molecule has 6 heteroatoms. The van der Waals surface area contributed by atoms with E-state index in [0.29, 0.717) is 31.5 Å². The Hall–Kier alpha value is -0.240. The number of aliphatic hydroxyl groups excluding tert-OH is 5. The van der Waals surface area contributed by atoms with Crippen molar-refractivity contribution in [2.45, 2.75) is 83.8 Å². The van der Waals surface area contributed by atoms with Crippen molar-refractivity contribution in [1.82, 2.24) is 0 Å². The summed E-state index contributed by atoms with van der Waals surface area (Å²) in [5, 5.41) is 51.8. The minimum absolute atomic E-state index is 0.250. The number of hydrogen-bond acceptors (Lipinski definition) is 6. The maximum atomic E-state index is 9.03. The Labute approximate surface area is 153 Å². The van der Waals surface area contributed by atoms with Crippen molar-refractivity contribution in [3.63, 3.8) is 0 Å². The van der Waals surface area contributed by atoms with Crippen molar-refractivity contribution >= 4 is 0 Å². The minimum atomic E-state index is -0.728. The third-order valence-electron chi connectivity index (χ3n) is 4.09. The predicted molar refractivity (Wildman–Crippen MR) is 100 cm³/mol. The van der Waals surface area contributed by atoms with Crippen LogP contribution in [0.5, 0.6) is 0 Å². The molecule has 1 rings (SSSR count). The largest absolute Gasteiger partial charge is 0.396 e. The molecular weight excluding hydrogens is 324 g/mol. The van der Waals surface area contributed by atoms with Crippen molar-refractivity contribution in [3.8, 4) is 0 Å². The Morgan fingerprint density at radius 3 is 1.32 bits per heavy atom. The van der Waals surface area contributed by atoms with Crippen LogP contribution >= 0.6 is 0 Å². The van der Waals surface area contributed by atoms with Crippen molar-refractivity contribution < 1.29 is 30.6 Å². The van der Waals surface area contributed by atoms with Gasteiger partial charge in [0.05, 0.1) is 11.7 Å². The van der Waals surface area contributed by atoms with E-state index >= 15 is 0 Å². The van der Waals surface area contributed by atoms with E-state index in [0.717, 1.165) is 44.9 Å². The molecule has 0 radical (unpaired) electrons. The minimum Gasteiger partial charge on any atom is -0.396 e. The zero-order chi connectivity index (χ0) is 19.7. The lowest BCUT2D eigenvalue weighted by molar-refractivity contribution is 0.0248. The number of aliphatic hydroxyl groups is 6. The molecule has 1 unspecified atom stereocenters. The molecular formula is C19H42O6. The second-order valence-electron chi connectivity index (χ2n) is 7.63. The highest BCUT2D eigenvalue weighted by molar-refractivity contribution is 4.71. The maximum Gasteiger partial charge on any atom is 0.0616 e. The van der Waals surface area contributed by atoms with E-state index in [-0.39, 0.29) is 13.2 Å². The van der Waals surface area contributed by atoms with Crippen LogP contribution in [0.2, 0.25) is 0 Å². The molecule has 0 aromatic heterocycles. The second kappa shape index (κ2) is 17.2. The van der Waals surface area contributed by atoms with Crippen molar-refractivity contribution in [2.75, 3.05) is 26.4 Å². The standard InChI is InChI=1S/C8H16O2.C6H14O2.C5H12O2/c9-5-7-1-2-8(6-10)4-3-7;1-5(7)4-6(2,3)8;6-4-2-1-3-5-7/h7-10H,1-6H2;5,7-8H,4H2,1-3H3;6-7H,1-5H2. The maximum absolute atomic E-state index is 9.03. The van der Waals surface area contributed by atoms with Gasteiger partial charge in [0.15, 0.2) is 0 Å². The number of unbranched alkanes of at least 4 members (excludes halogenated alkanes) is 2. The van der Waals surface area contributed by atoms with Gasteiger partial charge in [-0.05, 0) is 77.6 Å². The normalized spacial score (nSPS) is 21.5. The van der Waals surface area contributed by atoms with E-state index in [1.54, 1.807) is 20.8 Å². The molecule has 0 heterocycles. The highest BCUT2D eigenvalue weighted by atomic mass is 16.3. The van der Waals surface area contributed by atoms with Gasteiger partial charge in [-0.3, -0.25) is 0 Å². The number of rotatable bonds is 8. The Kier molecular flexibility index (Phi) is 18.6. The molecule has 25 heavy (non-hydrogen) atoms. The molecule has 0 saturated heterocycles. The summed E-state index contributed by atoms with van der Waals surface area (Å²) in [4.78, 5) is 0. The molecule has 1 saturated carbocycles. The average molecular weight is 367 g/mol. The van der Waals surface area contributed by atoms with Gasteiger partial charge in [0.25, 0.3) is 0 Å². The topological polar surface area (TPSA) is 121 Å². The van der Waals surface area contributed by atoms with E-state index < -0.39 is 11.7 Å². The first-order valence-electron chi connectivity index (χ1n) is 9.54. The van der Waals surface area contributed by atoms with Crippen molar-refractivity contribution in [2.24, 2.45) is 11.8 Å². The van der Waals surface area contributed by atoms with Gasteiger partial charge in [-0.25, -0.2) is 0 Å². The molecule has 1 fully saturated rings. The molecule has 6 N–H and O–H groups in total. The van der Waals surface area contributed by atoms with Gasteiger partial charge < -0.3 is 30.6 Å². The van der Waals surface area contributed by atoms with Gasteiger partial charge in [0.1, 0.15) is 0 Å². The van der Waals surface area contributed by atoms with Crippen LogP contribution in [0.4, 0.5) is 0 Å². The van der Waals surface area contributed by atoms with Gasteiger partial charge in [0.2, 0.25) is 0 Å². The van der Waals surface area contributed by atoms with Gasteiger partial charge in [0, 0.05) is 32.8 Å². The summed E-state index contributed by atoms with van der Waals surface area (Å²) < 4.78 is 0. The third kappa shape index (κ3) is 21.7. The second-order valence-corrected chi connectivity index (χ2v) is 7.63. The van der Waals surface area contributed by atoms with Crippen LogP contribution in [0.1, 0.15) is 72.1 Å². The predicted octanol–water partition coefficient (Wildman–Crippen LogP) is 1.45. The summed E-state index contributed by atoms with van der Waals surface area (Å²) in [6.45, 7) is 6.19. The molecule has 0 aromatic carbocycles. The highest BCUT2D eigenvalue weighted by Gasteiger charge is 2.19. The summed E-state index contributed by atoms with van der Waals surface area (Å²) >= 11 is 0. The molecule has 0 bridgehead atoms. The van der Waals surface area contributed by atoms with E-state index in [9.17, 15) is 0 Å². The molecule has 0 spiro atoms. The summed E-state index contributed by atoms with van der Waals surface area (Å²) in [6, 6.07) is 0. The summed E-state index contributed by atoms with van der Waals surface area (Å²) in [7, 11) is 0. The van der Waals surface area contributed by atoms with Gasteiger partial charge in [-0.1, -0.05) is 0 Å².